The van der Waals surface area contributed by atoms with Crippen LogP contribution in [0.15, 0.2) is 65.3 Å². The highest BCUT2D eigenvalue weighted by Crippen LogP contribution is 2.39. The molecule has 8 heteroatoms. The van der Waals surface area contributed by atoms with Crippen LogP contribution in [0, 0.1) is 0 Å². The minimum atomic E-state index is -0.977. The van der Waals surface area contributed by atoms with Gasteiger partial charge >= 0.3 is 5.97 Å². The number of hydrogen-bond acceptors (Lipinski definition) is 7. The highest BCUT2D eigenvalue weighted by molar-refractivity contribution is 6.07. The zero-order chi connectivity index (χ0) is 25.4. The molecule has 37 heavy (non-hydrogen) atoms. The molecule has 1 aliphatic heterocycles. The van der Waals surface area contributed by atoms with Gasteiger partial charge in [0, 0.05) is 5.39 Å². The summed E-state index contributed by atoms with van der Waals surface area (Å²) in [6, 6.07) is 16.8. The summed E-state index contributed by atoms with van der Waals surface area (Å²) in [5.41, 5.74) is 4.75. The normalized spacial score (nSPS) is 15.5. The molecule has 2 aromatic heterocycles. The number of carbonyl (C=O) groups is 2. The van der Waals surface area contributed by atoms with Gasteiger partial charge in [0.1, 0.15) is 5.76 Å². The van der Waals surface area contributed by atoms with E-state index < -0.39 is 18.0 Å². The fraction of sp³-hybridized carbons (Fsp3) is 0.207. The molecule has 6 rings (SSSR count). The van der Waals surface area contributed by atoms with Crippen molar-refractivity contribution in [1.82, 2.24) is 10.3 Å². The second kappa shape index (κ2) is 9.46. The summed E-state index contributed by atoms with van der Waals surface area (Å²) in [4.78, 5) is 30.9. The molecule has 2 aromatic carbocycles. The van der Waals surface area contributed by atoms with Crippen LogP contribution >= 0.6 is 0 Å². The van der Waals surface area contributed by atoms with Crippen molar-refractivity contribution in [3.8, 4) is 11.5 Å². The largest absolute Gasteiger partial charge is 0.467 e. The zero-order valence-electron chi connectivity index (χ0n) is 20.2. The predicted molar refractivity (Wildman–Crippen MR) is 136 cm³/mol. The number of allylic oxidation sites excluding steroid dienone is 1. The molecule has 0 spiro atoms. The second-order valence-corrected chi connectivity index (χ2v) is 8.96. The summed E-state index contributed by atoms with van der Waals surface area (Å²) in [6.07, 6.45) is 4.00. The summed E-state index contributed by atoms with van der Waals surface area (Å²) in [7, 11) is 0. The van der Waals surface area contributed by atoms with E-state index in [1.165, 1.54) is 6.26 Å². The van der Waals surface area contributed by atoms with Crippen LogP contribution in [-0.4, -0.2) is 29.8 Å². The number of furan rings is 1. The minimum Gasteiger partial charge on any atom is -0.467 e. The maximum absolute atomic E-state index is 13.5. The molecule has 1 atom stereocenters. The van der Waals surface area contributed by atoms with E-state index in [9.17, 15) is 9.59 Å². The standard InChI is InChI=1S/C29H24N2O6/c1-17(28(32)30-15-20-5-4-12-34-20)37-29(33)26-21-6-2-3-7-23(21)31-27-19(9-10-22(26)27)13-18-8-11-24-25(14-18)36-16-35-24/h2-8,11-14,17H,9-10,15-16H2,1H3,(H,30,32)/b19-13-. The van der Waals surface area contributed by atoms with Crippen LogP contribution in [0.3, 0.4) is 0 Å². The number of nitrogens with one attached hydrogen (secondary N) is 1. The van der Waals surface area contributed by atoms with Gasteiger partial charge in [0.15, 0.2) is 17.6 Å². The Hall–Kier alpha value is -4.59. The SMILES string of the molecule is CC(OC(=O)c1c2c(nc3ccccc13)/C(=C\c1ccc3c(c1)OCO3)CC2)C(=O)NCc1ccco1. The van der Waals surface area contributed by atoms with Gasteiger partial charge in [0.25, 0.3) is 5.91 Å². The molecule has 0 saturated carbocycles. The number of hydrogen-bond donors (Lipinski definition) is 1. The number of ether oxygens (including phenoxy) is 3. The lowest BCUT2D eigenvalue weighted by atomic mass is 10.0. The summed E-state index contributed by atoms with van der Waals surface area (Å²) < 4.78 is 21.8. The van der Waals surface area contributed by atoms with Crippen molar-refractivity contribution < 1.29 is 28.2 Å². The Morgan fingerprint density at radius 2 is 1.95 bits per heavy atom. The molecule has 0 fully saturated rings. The van der Waals surface area contributed by atoms with Gasteiger partial charge in [-0.05, 0) is 72.9 Å². The molecule has 3 heterocycles. The Bertz CT molecular complexity index is 1540. The van der Waals surface area contributed by atoms with Crippen LogP contribution in [0.5, 0.6) is 11.5 Å². The van der Waals surface area contributed by atoms with Gasteiger partial charge < -0.3 is 23.9 Å². The number of para-hydroxylation sites is 1. The van der Waals surface area contributed by atoms with Crippen molar-refractivity contribution in [2.24, 2.45) is 0 Å². The Labute approximate surface area is 212 Å². The fourth-order valence-electron chi connectivity index (χ4n) is 4.72. The molecule has 1 unspecified atom stereocenters. The van der Waals surface area contributed by atoms with Gasteiger partial charge in [-0.3, -0.25) is 4.79 Å². The average molecular weight is 497 g/mol. The summed E-state index contributed by atoms with van der Waals surface area (Å²) in [6.45, 7) is 2.00. The summed E-state index contributed by atoms with van der Waals surface area (Å²) >= 11 is 0. The van der Waals surface area contributed by atoms with Gasteiger partial charge in [0.2, 0.25) is 6.79 Å². The first-order valence-corrected chi connectivity index (χ1v) is 12.1. The third-order valence-electron chi connectivity index (χ3n) is 6.55. The number of pyridine rings is 1. The van der Waals surface area contributed by atoms with Crippen LogP contribution in [0.1, 0.15) is 46.3 Å². The number of benzene rings is 2. The molecule has 4 aromatic rings. The third-order valence-corrected chi connectivity index (χ3v) is 6.55. The van der Waals surface area contributed by atoms with Gasteiger partial charge in [-0.15, -0.1) is 0 Å². The topological polar surface area (TPSA) is 99.9 Å². The quantitative estimate of drug-likeness (QED) is 0.379. The Morgan fingerprint density at radius 1 is 1.08 bits per heavy atom. The molecule has 1 aliphatic carbocycles. The van der Waals surface area contributed by atoms with E-state index in [-0.39, 0.29) is 13.3 Å². The highest BCUT2D eigenvalue weighted by atomic mass is 16.7. The number of rotatable bonds is 6. The van der Waals surface area contributed by atoms with E-state index in [2.05, 4.69) is 11.4 Å². The van der Waals surface area contributed by atoms with E-state index >= 15 is 0 Å². The number of esters is 1. The smallest absolute Gasteiger partial charge is 0.339 e. The molecule has 0 radical (unpaired) electrons. The predicted octanol–water partition coefficient (Wildman–Crippen LogP) is 4.91. The summed E-state index contributed by atoms with van der Waals surface area (Å²) in [5, 5.41) is 3.44. The molecule has 0 saturated heterocycles. The van der Waals surface area contributed by atoms with Gasteiger partial charge in [-0.25, -0.2) is 9.78 Å². The monoisotopic (exact) mass is 496 g/mol. The van der Waals surface area contributed by atoms with Gasteiger partial charge in [-0.1, -0.05) is 24.3 Å². The van der Waals surface area contributed by atoms with Crippen LogP contribution in [0.25, 0.3) is 22.6 Å². The van der Waals surface area contributed by atoms with Crippen molar-refractivity contribution >= 4 is 34.4 Å². The maximum Gasteiger partial charge on any atom is 0.339 e. The van der Waals surface area contributed by atoms with Crippen LogP contribution in [0.4, 0.5) is 0 Å². The first-order valence-electron chi connectivity index (χ1n) is 12.1. The molecular formula is C29H24N2O6. The first-order chi connectivity index (χ1) is 18.1. The molecule has 186 valence electrons. The lowest BCUT2D eigenvalue weighted by Gasteiger charge is -2.16. The minimum absolute atomic E-state index is 0.218. The Balaban J connectivity index is 1.30. The van der Waals surface area contributed by atoms with Crippen molar-refractivity contribution in [2.45, 2.75) is 32.4 Å². The number of nitrogens with zero attached hydrogens (tertiary/aromatic N) is 1. The van der Waals surface area contributed by atoms with Crippen molar-refractivity contribution in [3.63, 3.8) is 0 Å². The third kappa shape index (κ3) is 4.42. The first kappa shape index (κ1) is 22.8. The van der Waals surface area contributed by atoms with Gasteiger partial charge in [0.05, 0.1) is 29.6 Å². The number of aromatic nitrogens is 1. The van der Waals surface area contributed by atoms with E-state index in [1.807, 2.05) is 42.5 Å². The van der Waals surface area contributed by atoms with Crippen molar-refractivity contribution in [3.05, 3.63) is 89.0 Å². The highest BCUT2D eigenvalue weighted by Gasteiger charge is 2.29. The van der Waals surface area contributed by atoms with Gasteiger partial charge in [-0.2, -0.15) is 0 Å². The van der Waals surface area contributed by atoms with E-state index in [0.717, 1.165) is 34.6 Å². The molecule has 1 amide bonds. The van der Waals surface area contributed by atoms with Crippen LogP contribution < -0.4 is 14.8 Å². The second-order valence-electron chi connectivity index (χ2n) is 8.96. The maximum atomic E-state index is 13.5. The number of fused-ring (bicyclic) bond motifs is 3. The Kier molecular flexibility index (Phi) is 5.84. The average Bonchev–Trinajstić information content (AvgIpc) is 3.67. The molecule has 0 bridgehead atoms. The van der Waals surface area contributed by atoms with E-state index in [4.69, 9.17) is 23.6 Å². The lowest BCUT2D eigenvalue weighted by Crippen LogP contribution is -2.35. The molecule has 2 aliphatic rings. The van der Waals surface area contributed by atoms with E-state index in [0.29, 0.717) is 34.4 Å². The van der Waals surface area contributed by atoms with Crippen molar-refractivity contribution in [1.29, 1.82) is 0 Å². The molecular weight excluding hydrogens is 472 g/mol. The number of carbonyl (C=O) groups excluding carboxylic acids is 2. The zero-order valence-corrected chi connectivity index (χ0v) is 20.2. The van der Waals surface area contributed by atoms with Crippen LogP contribution in [0.2, 0.25) is 0 Å². The number of amides is 1. The summed E-state index contributed by atoms with van der Waals surface area (Å²) in [5.74, 6) is 1.11. The lowest BCUT2D eigenvalue weighted by molar-refractivity contribution is -0.129. The van der Waals surface area contributed by atoms with E-state index in [1.54, 1.807) is 19.1 Å². The van der Waals surface area contributed by atoms with Crippen LogP contribution in [-0.2, 0) is 22.5 Å². The molecule has 8 nitrogen and oxygen atoms in total. The van der Waals surface area contributed by atoms with Crippen molar-refractivity contribution in [2.75, 3.05) is 6.79 Å². The Morgan fingerprint density at radius 3 is 2.81 bits per heavy atom. The fourth-order valence-corrected chi connectivity index (χ4v) is 4.72. The molecule has 1 N–H and O–H groups in total.